The summed E-state index contributed by atoms with van der Waals surface area (Å²) >= 11 is 3.61. The van der Waals surface area contributed by atoms with Gasteiger partial charge in [0.1, 0.15) is 0 Å². The summed E-state index contributed by atoms with van der Waals surface area (Å²) in [6.07, 6.45) is 1.02. The van der Waals surface area contributed by atoms with E-state index in [4.69, 9.17) is 0 Å². The zero-order chi connectivity index (χ0) is 14.7. The predicted molar refractivity (Wildman–Crippen MR) is 85.5 cm³/mol. The number of hydrogen-bond acceptors (Lipinski definition) is 2. The van der Waals surface area contributed by atoms with Crippen LogP contribution < -0.4 is 5.32 Å². The molecule has 0 spiro atoms. The number of amides is 1. The largest absolute Gasteiger partial charge is 0.343 e. The van der Waals surface area contributed by atoms with Gasteiger partial charge in [-0.25, -0.2) is 0 Å². The van der Waals surface area contributed by atoms with Crippen LogP contribution in [-0.2, 0) is 4.79 Å². The van der Waals surface area contributed by atoms with Crippen LogP contribution in [0.3, 0.4) is 0 Å². The first-order valence-corrected chi connectivity index (χ1v) is 8.04. The molecule has 2 rings (SSSR count). The molecule has 1 aliphatic heterocycles. The first kappa shape index (κ1) is 15.5. The molecule has 1 N–H and O–H groups in total. The van der Waals surface area contributed by atoms with Crippen molar-refractivity contribution in [3.8, 4) is 0 Å². The van der Waals surface area contributed by atoms with Crippen molar-refractivity contribution < 1.29 is 4.79 Å². The Morgan fingerprint density at radius 1 is 1.45 bits per heavy atom. The Morgan fingerprint density at radius 2 is 2.15 bits per heavy atom. The summed E-state index contributed by atoms with van der Waals surface area (Å²) in [6.45, 7) is 7.80. The van der Waals surface area contributed by atoms with Gasteiger partial charge in [-0.05, 0) is 30.9 Å². The van der Waals surface area contributed by atoms with Gasteiger partial charge in [-0.15, -0.1) is 0 Å². The van der Waals surface area contributed by atoms with E-state index in [1.165, 1.54) is 5.56 Å². The summed E-state index contributed by atoms with van der Waals surface area (Å²) in [6, 6.07) is 9.11. The van der Waals surface area contributed by atoms with Gasteiger partial charge in [-0.2, -0.15) is 0 Å². The van der Waals surface area contributed by atoms with Crippen LogP contribution in [0, 0.1) is 5.92 Å². The lowest BCUT2D eigenvalue weighted by atomic mass is 9.92. The molecule has 1 heterocycles. The Labute approximate surface area is 129 Å². The minimum Gasteiger partial charge on any atom is -0.343 e. The number of carbonyl (C=O) groups excluding carboxylic acids is 1. The number of nitrogens with one attached hydrogen (secondary N) is 1. The Kier molecular flexibility index (Phi) is 5.22. The fraction of sp³-hybridized carbons (Fsp3) is 0.562. The van der Waals surface area contributed by atoms with Gasteiger partial charge in [0.2, 0.25) is 5.91 Å². The van der Waals surface area contributed by atoms with Crippen LogP contribution >= 0.6 is 15.9 Å². The molecule has 1 fully saturated rings. The molecule has 4 heteroatoms. The van der Waals surface area contributed by atoms with Crippen molar-refractivity contribution in [2.45, 2.75) is 39.3 Å². The van der Waals surface area contributed by atoms with E-state index in [0.717, 1.165) is 24.0 Å². The molecular weight excluding hydrogens is 316 g/mol. The van der Waals surface area contributed by atoms with Gasteiger partial charge in [0.15, 0.2) is 0 Å². The van der Waals surface area contributed by atoms with Gasteiger partial charge in [0, 0.05) is 36.6 Å². The lowest BCUT2D eigenvalue weighted by Gasteiger charge is -2.38. The van der Waals surface area contributed by atoms with Crippen molar-refractivity contribution in [1.29, 1.82) is 0 Å². The summed E-state index contributed by atoms with van der Waals surface area (Å²) in [5.74, 6) is 0.673. The molecule has 0 radical (unpaired) electrons. The van der Waals surface area contributed by atoms with E-state index in [2.05, 4.69) is 53.3 Å². The van der Waals surface area contributed by atoms with Crippen LogP contribution in [0.1, 0.15) is 38.8 Å². The normalized spacial score (nSPS) is 24.5. The third-order valence-electron chi connectivity index (χ3n) is 4.19. The topological polar surface area (TPSA) is 32.3 Å². The second-order valence-electron chi connectivity index (χ2n) is 5.75. The van der Waals surface area contributed by atoms with Crippen LogP contribution in [-0.4, -0.2) is 29.9 Å². The van der Waals surface area contributed by atoms with Gasteiger partial charge in [-0.1, -0.05) is 41.1 Å². The zero-order valence-electron chi connectivity index (χ0n) is 12.4. The molecule has 0 aromatic heterocycles. The van der Waals surface area contributed by atoms with Gasteiger partial charge < -0.3 is 10.2 Å². The van der Waals surface area contributed by atoms with Crippen LogP contribution in [0.4, 0.5) is 0 Å². The maximum Gasteiger partial charge on any atom is 0.219 e. The lowest BCUT2D eigenvalue weighted by Crippen LogP contribution is -2.50. The minimum absolute atomic E-state index is 0.189. The molecule has 0 unspecified atom stereocenters. The maximum atomic E-state index is 11.4. The SMILES string of the molecule is CC(=O)N1CC[C@H](N[C@H](C)c2ccccc2Br)[C@@H](C)C1. The fourth-order valence-corrected chi connectivity index (χ4v) is 3.54. The Balaban J connectivity index is 1.97. The fourth-order valence-electron chi connectivity index (χ4n) is 2.92. The summed E-state index contributed by atoms with van der Waals surface area (Å²) in [4.78, 5) is 13.4. The highest BCUT2D eigenvalue weighted by atomic mass is 79.9. The van der Waals surface area contributed by atoms with Gasteiger partial charge in [-0.3, -0.25) is 4.79 Å². The number of halogens is 1. The highest BCUT2D eigenvalue weighted by Crippen LogP contribution is 2.25. The van der Waals surface area contributed by atoms with Gasteiger partial charge in [0.05, 0.1) is 0 Å². The van der Waals surface area contributed by atoms with Crippen LogP contribution in [0.2, 0.25) is 0 Å². The molecule has 1 aromatic rings. The number of likely N-dealkylation sites (tertiary alicyclic amines) is 1. The second kappa shape index (κ2) is 6.72. The number of rotatable bonds is 3. The Morgan fingerprint density at radius 3 is 2.75 bits per heavy atom. The first-order chi connectivity index (χ1) is 9.49. The van der Waals surface area contributed by atoms with E-state index in [1.54, 1.807) is 6.92 Å². The number of carbonyl (C=O) groups is 1. The number of piperidine rings is 1. The van der Waals surface area contributed by atoms with E-state index in [1.807, 2.05) is 11.0 Å². The maximum absolute atomic E-state index is 11.4. The van der Waals surface area contributed by atoms with E-state index in [-0.39, 0.29) is 5.91 Å². The third kappa shape index (κ3) is 3.61. The standard InChI is InChI=1S/C16H23BrN2O/c1-11-10-19(13(3)20)9-8-16(11)18-12(2)14-6-4-5-7-15(14)17/h4-7,11-12,16,18H,8-10H2,1-3H3/t11-,12+,16-/m0/s1. The molecule has 0 aliphatic carbocycles. The second-order valence-corrected chi connectivity index (χ2v) is 6.60. The quantitative estimate of drug-likeness (QED) is 0.916. The highest BCUT2D eigenvalue weighted by Gasteiger charge is 2.28. The van der Waals surface area contributed by atoms with Crippen molar-refractivity contribution >= 4 is 21.8 Å². The van der Waals surface area contributed by atoms with Crippen molar-refractivity contribution in [1.82, 2.24) is 10.2 Å². The monoisotopic (exact) mass is 338 g/mol. The number of hydrogen-bond donors (Lipinski definition) is 1. The molecule has 1 amide bonds. The Hall–Kier alpha value is -0.870. The smallest absolute Gasteiger partial charge is 0.219 e. The molecule has 1 aliphatic rings. The van der Waals surface area contributed by atoms with Crippen molar-refractivity contribution in [2.75, 3.05) is 13.1 Å². The Bertz CT molecular complexity index is 477. The summed E-state index contributed by atoms with van der Waals surface area (Å²) in [7, 11) is 0. The summed E-state index contributed by atoms with van der Waals surface area (Å²) < 4.78 is 1.15. The zero-order valence-corrected chi connectivity index (χ0v) is 14.0. The lowest BCUT2D eigenvalue weighted by molar-refractivity contribution is -0.130. The predicted octanol–water partition coefficient (Wildman–Crippen LogP) is 3.36. The minimum atomic E-state index is 0.189. The molecule has 3 atom stereocenters. The molecular formula is C16H23BrN2O. The highest BCUT2D eigenvalue weighted by molar-refractivity contribution is 9.10. The first-order valence-electron chi connectivity index (χ1n) is 7.25. The molecule has 0 saturated carbocycles. The average Bonchev–Trinajstić information content (AvgIpc) is 2.41. The summed E-state index contributed by atoms with van der Waals surface area (Å²) in [5.41, 5.74) is 1.29. The van der Waals surface area contributed by atoms with Crippen LogP contribution in [0.15, 0.2) is 28.7 Å². The van der Waals surface area contributed by atoms with E-state index in [0.29, 0.717) is 18.0 Å². The van der Waals surface area contributed by atoms with Crippen LogP contribution in [0.5, 0.6) is 0 Å². The average molecular weight is 339 g/mol. The molecule has 20 heavy (non-hydrogen) atoms. The van der Waals surface area contributed by atoms with Crippen LogP contribution in [0.25, 0.3) is 0 Å². The third-order valence-corrected chi connectivity index (χ3v) is 4.91. The molecule has 1 saturated heterocycles. The van der Waals surface area contributed by atoms with Crippen molar-refractivity contribution in [3.63, 3.8) is 0 Å². The summed E-state index contributed by atoms with van der Waals surface area (Å²) in [5, 5.41) is 3.72. The molecule has 0 bridgehead atoms. The van der Waals surface area contributed by atoms with Gasteiger partial charge >= 0.3 is 0 Å². The van der Waals surface area contributed by atoms with Crippen molar-refractivity contribution in [3.05, 3.63) is 34.3 Å². The number of benzene rings is 1. The van der Waals surface area contributed by atoms with E-state index >= 15 is 0 Å². The van der Waals surface area contributed by atoms with Gasteiger partial charge in [0.25, 0.3) is 0 Å². The molecule has 3 nitrogen and oxygen atoms in total. The number of nitrogens with zero attached hydrogens (tertiary/aromatic N) is 1. The molecule has 1 aromatic carbocycles. The van der Waals surface area contributed by atoms with E-state index in [9.17, 15) is 4.79 Å². The molecule has 110 valence electrons. The van der Waals surface area contributed by atoms with Crippen molar-refractivity contribution in [2.24, 2.45) is 5.92 Å². The van der Waals surface area contributed by atoms with E-state index < -0.39 is 0 Å².